The molecule has 1 amide bonds. The molecule has 23 heavy (non-hydrogen) atoms. The Morgan fingerprint density at radius 2 is 1.87 bits per heavy atom. The van der Waals surface area contributed by atoms with Gasteiger partial charge in [0.15, 0.2) is 0 Å². The van der Waals surface area contributed by atoms with E-state index in [-0.39, 0.29) is 17.9 Å². The van der Waals surface area contributed by atoms with Crippen LogP contribution in [0.15, 0.2) is 34.9 Å². The van der Waals surface area contributed by atoms with Gasteiger partial charge >= 0.3 is 0 Å². The predicted molar refractivity (Wildman–Crippen MR) is 85.8 cm³/mol. The van der Waals surface area contributed by atoms with E-state index in [1.807, 2.05) is 30.3 Å². The summed E-state index contributed by atoms with van der Waals surface area (Å²) in [5.74, 6) is 1.69. The van der Waals surface area contributed by atoms with Crippen molar-refractivity contribution in [1.82, 2.24) is 15.5 Å². The first-order chi connectivity index (χ1) is 11.3. The van der Waals surface area contributed by atoms with Crippen LogP contribution in [0.1, 0.15) is 25.7 Å². The molecule has 0 radical (unpaired) electrons. The first-order valence-corrected chi connectivity index (χ1v) is 8.24. The molecule has 6 nitrogen and oxygen atoms in total. The Bertz CT molecular complexity index is 673. The van der Waals surface area contributed by atoms with Crippen LogP contribution in [0.25, 0.3) is 11.5 Å². The highest BCUT2D eigenvalue weighted by atomic mass is 16.5. The Hall–Kier alpha value is -2.37. The third-order valence-electron chi connectivity index (χ3n) is 4.51. The SMILES string of the molecule is O=C(NC1CCN(c2noc(-c3ccccc3)n2)CC1)C1CC1. The summed E-state index contributed by atoms with van der Waals surface area (Å²) in [6.45, 7) is 1.67. The highest BCUT2D eigenvalue weighted by Crippen LogP contribution is 2.29. The monoisotopic (exact) mass is 312 g/mol. The number of carbonyl (C=O) groups is 1. The molecule has 2 heterocycles. The van der Waals surface area contributed by atoms with E-state index in [1.165, 1.54) is 0 Å². The van der Waals surface area contributed by atoms with Gasteiger partial charge < -0.3 is 14.7 Å². The van der Waals surface area contributed by atoms with Crippen molar-refractivity contribution in [2.24, 2.45) is 5.92 Å². The summed E-state index contributed by atoms with van der Waals surface area (Å²) in [5.41, 5.74) is 0.929. The average molecular weight is 312 g/mol. The summed E-state index contributed by atoms with van der Waals surface area (Å²) in [5, 5.41) is 7.25. The zero-order valence-corrected chi connectivity index (χ0v) is 12.9. The third-order valence-corrected chi connectivity index (χ3v) is 4.51. The zero-order chi connectivity index (χ0) is 15.6. The lowest BCUT2D eigenvalue weighted by Crippen LogP contribution is -2.45. The predicted octanol–water partition coefficient (Wildman–Crippen LogP) is 2.23. The van der Waals surface area contributed by atoms with Crippen LogP contribution in [0.2, 0.25) is 0 Å². The number of hydrogen-bond acceptors (Lipinski definition) is 5. The van der Waals surface area contributed by atoms with Gasteiger partial charge in [0.2, 0.25) is 5.91 Å². The summed E-state index contributed by atoms with van der Waals surface area (Å²) >= 11 is 0. The normalized spacial score (nSPS) is 18.9. The number of rotatable bonds is 4. The Balaban J connectivity index is 1.35. The lowest BCUT2D eigenvalue weighted by Gasteiger charge is -2.31. The quantitative estimate of drug-likeness (QED) is 0.937. The molecular weight excluding hydrogens is 292 g/mol. The van der Waals surface area contributed by atoms with Gasteiger partial charge in [-0.05, 0) is 43.0 Å². The number of hydrogen-bond donors (Lipinski definition) is 1. The zero-order valence-electron chi connectivity index (χ0n) is 12.9. The van der Waals surface area contributed by atoms with E-state index in [0.29, 0.717) is 11.8 Å². The fraction of sp³-hybridized carbons (Fsp3) is 0.471. The van der Waals surface area contributed by atoms with Gasteiger partial charge in [0.25, 0.3) is 11.8 Å². The maximum Gasteiger partial charge on any atom is 0.266 e. The van der Waals surface area contributed by atoms with E-state index >= 15 is 0 Å². The smallest absolute Gasteiger partial charge is 0.266 e. The number of anilines is 1. The van der Waals surface area contributed by atoms with Crippen LogP contribution in [0.5, 0.6) is 0 Å². The van der Waals surface area contributed by atoms with Gasteiger partial charge in [0, 0.05) is 30.6 Å². The van der Waals surface area contributed by atoms with Gasteiger partial charge in [-0.25, -0.2) is 0 Å². The molecule has 1 saturated carbocycles. The molecular formula is C17H20N4O2. The van der Waals surface area contributed by atoms with E-state index in [9.17, 15) is 4.79 Å². The highest BCUT2D eigenvalue weighted by molar-refractivity contribution is 5.81. The van der Waals surface area contributed by atoms with Gasteiger partial charge in [0.1, 0.15) is 0 Å². The summed E-state index contributed by atoms with van der Waals surface area (Å²) in [6, 6.07) is 10.1. The van der Waals surface area contributed by atoms with Gasteiger partial charge in [-0.2, -0.15) is 4.98 Å². The second kappa shape index (κ2) is 6.02. The van der Waals surface area contributed by atoms with Gasteiger partial charge in [-0.1, -0.05) is 18.2 Å². The molecule has 1 aromatic heterocycles. The molecule has 2 aliphatic rings. The molecule has 1 aromatic carbocycles. The van der Waals surface area contributed by atoms with Crippen molar-refractivity contribution in [1.29, 1.82) is 0 Å². The van der Waals surface area contributed by atoms with Crippen LogP contribution < -0.4 is 10.2 Å². The van der Waals surface area contributed by atoms with E-state index in [1.54, 1.807) is 0 Å². The van der Waals surface area contributed by atoms with E-state index in [2.05, 4.69) is 20.4 Å². The summed E-state index contributed by atoms with van der Waals surface area (Å²) < 4.78 is 5.36. The molecule has 1 aliphatic heterocycles. The third kappa shape index (κ3) is 3.21. The van der Waals surface area contributed by atoms with Crippen molar-refractivity contribution in [3.63, 3.8) is 0 Å². The fourth-order valence-electron chi connectivity index (χ4n) is 2.93. The van der Waals surface area contributed by atoms with Gasteiger partial charge in [-0.15, -0.1) is 0 Å². The number of aromatic nitrogens is 2. The minimum atomic E-state index is 0.231. The molecule has 0 unspecified atom stereocenters. The van der Waals surface area contributed by atoms with Crippen LogP contribution in [-0.2, 0) is 4.79 Å². The minimum Gasteiger partial charge on any atom is -0.353 e. The van der Waals surface area contributed by atoms with Gasteiger partial charge in [0.05, 0.1) is 0 Å². The fourth-order valence-corrected chi connectivity index (χ4v) is 2.93. The molecule has 0 atom stereocenters. The van der Waals surface area contributed by atoms with Crippen molar-refractivity contribution in [2.45, 2.75) is 31.7 Å². The van der Waals surface area contributed by atoms with Crippen LogP contribution in [0.3, 0.4) is 0 Å². The number of piperidine rings is 1. The second-order valence-electron chi connectivity index (χ2n) is 6.31. The number of amides is 1. The molecule has 1 saturated heterocycles. The molecule has 2 aromatic rings. The van der Waals surface area contributed by atoms with Crippen LogP contribution in [0.4, 0.5) is 5.95 Å². The number of benzene rings is 1. The van der Waals surface area contributed by atoms with Crippen LogP contribution >= 0.6 is 0 Å². The molecule has 6 heteroatoms. The lowest BCUT2D eigenvalue weighted by molar-refractivity contribution is -0.123. The first kappa shape index (κ1) is 14.2. The Morgan fingerprint density at radius 1 is 1.13 bits per heavy atom. The summed E-state index contributed by atoms with van der Waals surface area (Å²) in [6.07, 6.45) is 3.95. The van der Waals surface area contributed by atoms with Crippen LogP contribution in [0, 0.1) is 5.92 Å². The van der Waals surface area contributed by atoms with E-state index in [0.717, 1.165) is 44.3 Å². The number of carbonyl (C=O) groups excluding carboxylic acids is 1. The summed E-state index contributed by atoms with van der Waals surface area (Å²) in [7, 11) is 0. The standard InChI is InChI=1S/C17H20N4O2/c22-15(12-6-7-12)18-14-8-10-21(11-9-14)17-19-16(23-20-17)13-4-2-1-3-5-13/h1-5,12,14H,6-11H2,(H,18,22). The number of nitrogens with zero attached hydrogens (tertiary/aromatic N) is 3. The van der Waals surface area contributed by atoms with Gasteiger partial charge in [-0.3, -0.25) is 4.79 Å². The van der Waals surface area contributed by atoms with Crippen molar-refractivity contribution in [2.75, 3.05) is 18.0 Å². The van der Waals surface area contributed by atoms with Crippen molar-refractivity contribution in [3.05, 3.63) is 30.3 Å². The number of nitrogens with one attached hydrogen (secondary N) is 1. The van der Waals surface area contributed by atoms with Crippen molar-refractivity contribution in [3.8, 4) is 11.5 Å². The van der Waals surface area contributed by atoms with Crippen LogP contribution in [-0.4, -0.2) is 35.2 Å². The molecule has 120 valence electrons. The Labute approximate surface area is 134 Å². The first-order valence-electron chi connectivity index (χ1n) is 8.24. The lowest BCUT2D eigenvalue weighted by atomic mass is 10.1. The van der Waals surface area contributed by atoms with Crippen molar-refractivity contribution < 1.29 is 9.32 Å². The largest absolute Gasteiger partial charge is 0.353 e. The topological polar surface area (TPSA) is 71.3 Å². The second-order valence-corrected chi connectivity index (χ2v) is 6.31. The average Bonchev–Trinajstić information content (AvgIpc) is 3.34. The molecule has 0 bridgehead atoms. The van der Waals surface area contributed by atoms with E-state index < -0.39 is 0 Å². The highest BCUT2D eigenvalue weighted by Gasteiger charge is 2.32. The molecule has 4 rings (SSSR count). The maximum absolute atomic E-state index is 11.8. The molecule has 1 aliphatic carbocycles. The minimum absolute atomic E-state index is 0.231. The van der Waals surface area contributed by atoms with E-state index in [4.69, 9.17) is 4.52 Å². The van der Waals surface area contributed by atoms with Crippen molar-refractivity contribution >= 4 is 11.9 Å². The molecule has 2 fully saturated rings. The Kier molecular flexibility index (Phi) is 3.73. The Morgan fingerprint density at radius 3 is 2.57 bits per heavy atom. The maximum atomic E-state index is 11.8. The molecule has 0 spiro atoms. The summed E-state index contributed by atoms with van der Waals surface area (Å²) in [4.78, 5) is 18.4. The molecule has 1 N–H and O–H groups in total.